The highest BCUT2D eigenvalue weighted by Crippen LogP contribution is 2.33. The molecule has 1 aliphatic rings. The lowest BCUT2D eigenvalue weighted by molar-refractivity contribution is 0.497. The van der Waals surface area contributed by atoms with Crippen LogP contribution in [0.25, 0.3) is 10.1 Å². The summed E-state index contributed by atoms with van der Waals surface area (Å²) >= 11 is 1.85. The summed E-state index contributed by atoms with van der Waals surface area (Å²) < 4.78 is 1.40. The van der Waals surface area contributed by atoms with Crippen molar-refractivity contribution in [3.05, 3.63) is 35.2 Å². The summed E-state index contributed by atoms with van der Waals surface area (Å²) in [6.45, 7) is 3.33. The summed E-state index contributed by atoms with van der Waals surface area (Å²) in [5.74, 6) is 0.935. The highest BCUT2D eigenvalue weighted by molar-refractivity contribution is 7.17. The predicted molar refractivity (Wildman–Crippen MR) is 70.9 cm³/mol. The maximum Gasteiger partial charge on any atom is 0.0346 e. The van der Waals surface area contributed by atoms with Gasteiger partial charge in [-0.25, -0.2) is 0 Å². The molecule has 3 rings (SSSR count). The van der Waals surface area contributed by atoms with Crippen molar-refractivity contribution in [1.82, 2.24) is 5.32 Å². The molecule has 1 heterocycles. The van der Waals surface area contributed by atoms with Gasteiger partial charge in [0.15, 0.2) is 0 Å². The molecule has 1 aromatic carbocycles. The summed E-state index contributed by atoms with van der Waals surface area (Å²) in [7, 11) is 0. The van der Waals surface area contributed by atoms with Gasteiger partial charge >= 0.3 is 0 Å². The van der Waals surface area contributed by atoms with E-state index in [0.717, 1.165) is 12.5 Å². The standard InChI is InChI=1S/C14H17NS/c1-10(11-6-7-11)15-8-12-9-16-14-5-3-2-4-13(12)14/h2-5,9-11,15H,6-8H2,1H3. The van der Waals surface area contributed by atoms with Crippen LogP contribution in [0.15, 0.2) is 29.6 Å². The zero-order valence-electron chi connectivity index (χ0n) is 9.57. The maximum atomic E-state index is 3.65. The Balaban J connectivity index is 1.73. The van der Waals surface area contributed by atoms with E-state index in [1.54, 1.807) is 0 Å². The van der Waals surface area contributed by atoms with Crippen LogP contribution in [0.4, 0.5) is 0 Å². The highest BCUT2D eigenvalue weighted by Gasteiger charge is 2.27. The van der Waals surface area contributed by atoms with E-state index in [1.165, 1.54) is 28.5 Å². The van der Waals surface area contributed by atoms with E-state index in [1.807, 2.05) is 11.3 Å². The van der Waals surface area contributed by atoms with Crippen LogP contribution in [0.3, 0.4) is 0 Å². The summed E-state index contributed by atoms with van der Waals surface area (Å²) in [4.78, 5) is 0. The number of thiophene rings is 1. The monoisotopic (exact) mass is 231 g/mol. The lowest BCUT2D eigenvalue weighted by atomic mass is 10.1. The van der Waals surface area contributed by atoms with Gasteiger partial charge in [-0.1, -0.05) is 18.2 Å². The van der Waals surface area contributed by atoms with Crippen LogP contribution in [-0.2, 0) is 6.54 Å². The minimum Gasteiger partial charge on any atom is -0.310 e. The number of nitrogens with one attached hydrogen (secondary N) is 1. The van der Waals surface area contributed by atoms with Gasteiger partial charge in [0, 0.05) is 17.3 Å². The quantitative estimate of drug-likeness (QED) is 0.844. The number of hydrogen-bond donors (Lipinski definition) is 1. The first-order valence-electron chi connectivity index (χ1n) is 6.03. The van der Waals surface area contributed by atoms with E-state index in [0.29, 0.717) is 6.04 Å². The van der Waals surface area contributed by atoms with Gasteiger partial charge in [-0.15, -0.1) is 11.3 Å². The van der Waals surface area contributed by atoms with Gasteiger partial charge in [-0.05, 0) is 48.1 Å². The second kappa shape index (κ2) is 4.19. The molecule has 0 radical (unpaired) electrons. The van der Waals surface area contributed by atoms with Crippen molar-refractivity contribution in [3.63, 3.8) is 0 Å². The zero-order chi connectivity index (χ0) is 11.0. The average Bonchev–Trinajstić information content (AvgIpc) is 3.08. The highest BCUT2D eigenvalue weighted by atomic mass is 32.1. The Morgan fingerprint density at radius 1 is 1.38 bits per heavy atom. The lowest BCUT2D eigenvalue weighted by Gasteiger charge is -2.11. The molecule has 1 N–H and O–H groups in total. The minimum atomic E-state index is 0.679. The van der Waals surface area contributed by atoms with Gasteiger partial charge in [0.05, 0.1) is 0 Å². The molecule has 16 heavy (non-hydrogen) atoms. The molecule has 0 amide bonds. The van der Waals surface area contributed by atoms with Crippen molar-refractivity contribution in [1.29, 1.82) is 0 Å². The number of benzene rings is 1. The molecule has 1 nitrogen and oxygen atoms in total. The van der Waals surface area contributed by atoms with Crippen LogP contribution >= 0.6 is 11.3 Å². The summed E-state index contributed by atoms with van der Waals surface area (Å²) in [5.41, 5.74) is 1.45. The second-order valence-corrected chi connectivity index (χ2v) is 5.68. The Labute approximate surface area is 100 Å². The molecule has 1 aromatic heterocycles. The largest absolute Gasteiger partial charge is 0.310 e. The maximum absolute atomic E-state index is 3.65. The average molecular weight is 231 g/mol. The summed E-state index contributed by atoms with van der Waals surface area (Å²) in [6.07, 6.45) is 2.83. The SMILES string of the molecule is CC(NCc1csc2ccccc12)C1CC1. The first-order valence-corrected chi connectivity index (χ1v) is 6.91. The molecule has 0 spiro atoms. The molecule has 1 fully saturated rings. The fourth-order valence-corrected chi connectivity index (χ4v) is 3.17. The van der Waals surface area contributed by atoms with Crippen molar-refractivity contribution >= 4 is 21.4 Å². The van der Waals surface area contributed by atoms with Crippen molar-refractivity contribution in [2.75, 3.05) is 0 Å². The molecule has 0 aliphatic heterocycles. The van der Waals surface area contributed by atoms with Crippen LogP contribution < -0.4 is 5.32 Å². The minimum absolute atomic E-state index is 0.679. The summed E-state index contributed by atoms with van der Waals surface area (Å²) in [6, 6.07) is 9.35. The molecule has 2 aromatic rings. The van der Waals surface area contributed by atoms with Crippen LogP contribution in [0, 0.1) is 5.92 Å². The molecule has 1 atom stereocenters. The first-order chi connectivity index (χ1) is 7.84. The molecule has 1 aliphatic carbocycles. The number of hydrogen-bond acceptors (Lipinski definition) is 2. The van der Waals surface area contributed by atoms with Gasteiger partial charge in [0.25, 0.3) is 0 Å². The number of fused-ring (bicyclic) bond motifs is 1. The Kier molecular flexibility index (Phi) is 2.70. The third kappa shape index (κ3) is 2.00. The van der Waals surface area contributed by atoms with Crippen LogP contribution in [0.1, 0.15) is 25.3 Å². The van der Waals surface area contributed by atoms with E-state index >= 15 is 0 Å². The third-order valence-corrected chi connectivity index (χ3v) is 4.52. The van der Waals surface area contributed by atoms with E-state index in [-0.39, 0.29) is 0 Å². The Bertz CT molecular complexity index is 484. The topological polar surface area (TPSA) is 12.0 Å². The molecular weight excluding hydrogens is 214 g/mol. The van der Waals surface area contributed by atoms with Crippen molar-refractivity contribution in [2.45, 2.75) is 32.4 Å². The van der Waals surface area contributed by atoms with Gasteiger partial charge in [0.2, 0.25) is 0 Å². The van der Waals surface area contributed by atoms with E-state index in [2.05, 4.69) is 41.9 Å². The Hall–Kier alpha value is -0.860. The Morgan fingerprint density at radius 2 is 2.19 bits per heavy atom. The molecule has 0 bridgehead atoms. The predicted octanol–water partition coefficient (Wildman–Crippen LogP) is 3.79. The van der Waals surface area contributed by atoms with Gasteiger partial charge < -0.3 is 5.32 Å². The second-order valence-electron chi connectivity index (χ2n) is 4.76. The molecule has 0 saturated heterocycles. The molecule has 1 unspecified atom stereocenters. The van der Waals surface area contributed by atoms with E-state index < -0.39 is 0 Å². The molecule has 2 heteroatoms. The first kappa shape index (κ1) is 10.3. The van der Waals surface area contributed by atoms with Crippen LogP contribution in [-0.4, -0.2) is 6.04 Å². The van der Waals surface area contributed by atoms with Gasteiger partial charge in [0.1, 0.15) is 0 Å². The van der Waals surface area contributed by atoms with Crippen molar-refractivity contribution < 1.29 is 0 Å². The molecule has 84 valence electrons. The fraction of sp³-hybridized carbons (Fsp3) is 0.429. The zero-order valence-corrected chi connectivity index (χ0v) is 10.4. The Morgan fingerprint density at radius 3 is 3.00 bits per heavy atom. The van der Waals surface area contributed by atoms with Gasteiger partial charge in [-0.3, -0.25) is 0 Å². The normalized spacial score (nSPS) is 17.8. The molecule has 1 saturated carbocycles. The van der Waals surface area contributed by atoms with E-state index in [4.69, 9.17) is 0 Å². The van der Waals surface area contributed by atoms with E-state index in [9.17, 15) is 0 Å². The lowest BCUT2D eigenvalue weighted by Crippen LogP contribution is -2.27. The smallest absolute Gasteiger partial charge is 0.0346 e. The molecular formula is C14H17NS. The van der Waals surface area contributed by atoms with Crippen LogP contribution in [0.2, 0.25) is 0 Å². The fourth-order valence-electron chi connectivity index (χ4n) is 2.20. The third-order valence-electron chi connectivity index (χ3n) is 3.50. The van der Waals surface area contributed by atoms with Gasteiger partial charge in [-0.2, -0.15) is 0 Å². The van der Waals surface area contributed by atoms with Crippen molar-refractivity contribution in [3.8, 4) is 0 Å². The van der Waals surface area contributed by atoms with Crippen LogP contribution in [0.5, 0.6) is 0 Å². The van der Waals surface area contributed by atoms with Crippen molar-refractivity contribution in [2.24, 2.45) is 5.92 Å². The number of rotatable bonds is 4. The summed E-state index contributed by atoms with van der Waals surface area (Å²) in [5, 5.41) is 7.35.